The van der Waals surface area contributed by atoms with E-state index in [9.17, 15) is 0 Å². The van der Waals surface area contributed by atoms with Gasteiger partial charge in [-0.15, -0.1) is 0 Å². The fourth-order valence-electron chi connectivity index (χ4n) is 0.222. The molecular weight excluding hydrogens is 179 g/mol. The first-order valence-corrected chi connectivity index (χ1v) is 3.15. The monoisotopic (exact) mass is 193 g/mol. The van der Waals surface area contributed by atoms with Crippen molar-refractivity contribution >= 4 is 0 Å². The van der Waals surface area contributed by atoms with Crippen molar-refractivity contribution < 1.29 is 16.8 Å². The van der Waals surface area contributed by atoms with Crippen LogP contribution >= 0.6 is 0 Å². The number of hydrogen-bond donors (Lipinski definition) is 0. The largest absolute Gasteiger partial charge is 2.00 e. The van der Waals surface area contributed by atoms with Gasteiger partial charge in [0.1, 0.15) is 0 Å². The summed E-state index contributed by atoms with van der Waals surface area (Å²) in [6, 6.07) is 0. The van der Waals surface area contributed by atoms with Crippen molar-refractivity contribution in [3.05, 3.63) is 49.6 Å². The van der Waals surface area contributed by atoms with Gasteiger partial charge in [0.15, 0.2) is 0 Å². The number of allylic oxidation sites excluding steroid dienone is 6. The van der Waals surface area contributed by atoms with Gasteiger partial charge in [0, 0.05) is 0 Å². The zero-order valence-corrected chi connectivity index (χ0v) is 7.99. The quantitative estimate of drug-likeness (QED) is 0.467. The molecule has 0 amide bonds. The molecule has 0 heterocycles. The Balaban J connectivity index is -0.000000107. The third-order valence-electron chi connectivity index (χ3n) is 0.607. The summed E-state index contributed by atoms with van der Waals surface area (Å²) < 4.78 is 0. The predicted octanol–water partition coefficient (Wildman–Crippen LogP) is 3.10. The summed E-state index contributed by atoms with van der Waals surface area (Å²) in [6.07, 6.45) is 10.3. The number of rotatable bonds is 2. The van der Waals surface area contributed by atoms with Crippen molar-refractivity contribution in [1.82, 2.24) is 0 Å². The molecule has 0 fully saturated rings. The first kappa shape index (κ1) is 16.8. The van der Waals surface area contributed by atoms with Gasteiger partial charge in [0.25, 0.3) is 0 Å². The van der Waals surface area contributed by atoms with Gasteiger partial charge in [-0.1, -0.05) is 13.8 Å². The van der Waals surface area contributed by atoms with Crippen molar-refractivity contribution in [2.24, 2.45) is 0 Å². The van der Waals surface area contributed by atoms with E-state index in [1.165, 1.54) is 12.2 Å². The van der Waals surface area contributed by atoms with Crippen LogP contribution in [0.25, 0.3) is 0 Å². The molecule has 0 N–H and O–H groups in total. The van der Waals surface area contributed by atoms with Gasteiger partial charge in [0.05, 0.1) is 0 Å². The molecule has 0 aromatic heterocycles. The minimum Gasteiger partial charge on any atom is -0.293 e. The molecule has 0 bridgehead atoms. The summed E-state index contributed by atoms with van der Waals surface area (Å²) in [5.41, 5.74) is 0. The fraction of sp³-hybridized carbons (Fsp3) is 0.200. The van der Waals surface area contributed by atoms with Crippen LogP contribution in [0, 0.1) is 13.2 Å². The normalized spacial score (nSPS) is 8.18. The average molecular weight is 193 g/mol. The van der Waals surface area contributed by atoms with E-state index < -0.39 is 0 Å². The molecule has 11 heavy (non-hydrogen) atoms. The van der Waals surface area contributed by atoms with Gasteiger partial charge >= 0.3 is 16.8 Å². The van der Waals surface area contributed by atoms with Crippen LogP contribution in [0.2, 0.25) is 0 Å². The topological polar surface area (TPSA) is 0 Å². The molecule has 1 heteroatoms. The Hall–Kier alpha value is -0.534. The molecule has 0 nitrogen and oxygen atoms in total. The van der Waals surface area contributed by atoms with Crippen LogP contribution in [-0.2, 0) is 16.8 Å². The van der Waals surface area contributed by atoms with Gasteiger partial charge in [-0.2, -0.15) is 12.2 Å². The summed E-state index contributed by atoms with van der Waals surface area (Å²) >= 11 is 0. The fourth-order valence-corrected chi connectivity index (χ4v) is 0.222. The van der Waals surface area contributed by atoms with Gasteiger partial charge in [-0.3, -0.25) is 13.2 Å². The van der Waals surface area contributed by atoms with Crippen molar-refractivity contribution in [1.29, 1.82) is 0 Å². The minimum absolute atomic E-state index is 0. The van der Waals surface area contributed by atoms with E-state index in [1.54, 1.807) is 12.2 Å². The van der Waals surface area contributed by atoms with Crippen LogP contribution < -0.4 is 0 Å². The van der Waals surface area contributed by atoms with Crippen LogP contribution in [0.3, 0.4) is 0 Å². The Labute approximate surface area is 80.6 Å². The molecule has 0 aromatic carbocycles. The zero-order valence-electron chi connectivity index (χ0n) is 6.95. The van der Waals surface area contributed by atoms with E-state index >= 15 is 0 Å². The van der Waals surface area contributed by atoms with Crippen LogP contribution in [0.15, 0.2) is 36.5 Å². The van der Waals surface area contributed by atoms with Crippen molar-refractivity contribution in [3.8, 4) is 0 Å². The summed E-state index contributed by atoms with van der Waals surface area (Å²) in [5, 5.41) is 0. The summed E-state index contributed by atoms with van der Waals surface area (Å²) in [6.45, 7) is 13.7. The van der Waals surface area contributed by atoms with Crippen molar-refractivity contribution in [2.75, 3.05) is 0 Å². The van der Waals surface area contributed by atoms with E-state index in [0.29, 0.717) is 0 Å². The van der Waals surface area contributed by atoms with E-state index in [0.717, 1.165) is 0 Å². The third kappa shape index (κ3) is 43.9. The second-order valence-electron chi connectivity index (χ2n) is 1.44. The SMILES string of the molecule is [CH-]=CC=CC.[CH-]=CC=CC.[Co+2]. The van der Waals surface area contributed by atoms with Crippen LogP contribution in [0.5, 0.6) is 0 Å². The van der Waals surface area contributed by atoms with Gasteiger partial charge in [0.2, 0.25) is 0 Å². The molecule has 0 aliphatic rings. The van der Waals surface area contributed by atoms with E-state index in [2.05, 4.69) is 0 Å². The molecule has 1 radical (unpaired) electrons. The molecule has 0 aliphatic carbocycles. The third-order valence-corrected chi connectivity index (χ3v) is 0.607. The minimum atomic E-state index is 0. The summed E-state index contributed by atoms with van der Waals surface area (Å²) in [5.74, 6) is 0. The Morgan fingerprint density at radius 1 is 0.818 bits per heavy atom. The zero-order chi connectivity index (χ0) is 8.24. The molecule has 0 atom stereocenters. The first-order chi connectivity index (χ1) is 4.83. The second-order valence-corrected chi connectivity index (χ2v) is 1.44. The van der Waals surface area contributed by atoms with Crippen LogP contribution in [0.1, 0.15) is 13.8 Å². The molecule has 0 rings (SSSR count). The maximum absolute atomic E-state index is 4.93. The molecule has 0 unspecified atom stereocenters. The Morgan fingerprint density at radius 3 is 1.09 bits per heavy atom. The molecule has 0 aliphatic heterocycles. The van der Waals surface area contributed by atoms with E-state index in [4.69, 9.17) is 13.2 Å². The van der Waals surface area contributed by atoms with Crippen LogP contribution in [0.4, 0.5) is 0 Å². The van der Waals surface area contributed by atoms with E-state index in [-0.39, 0.29) is 16.8 Å². The molecular formula is C10H14Co. The second kappa shape index (κ2) is 22.7. The molecule has 0 saturated heterocycles. The van der Waals surface area contributed by atoms with Gasteiger partial charge < -0.3 is 0 Å². The molecule has 63 valence electrons. The van der Waals surface area contributed by atoms with Gasteiger partial charge in [-0.05, 0) is 0 Å². The molecule has 0 aromatic rings. The predicted molar refractivity (Wildman–Crippen MR) is 47.4 cm³/mol. The standard InChI is InChI=1S/2C5H7.Co/c2*1-3-5-4-2;/h2*1,3-5H,2H3;/q2*-1;+2. The Bertz CT molecular complexity index is 105. The maximum Gasteiger partial charge on any atom is 2.00 e. The molecule has 0 saturated carbocycles. The number of hydrogen-bond acceptors (Lipinski definition) is 0. The smallest absolute Gasteiger partial charge is 0.293 e. The summed E-state index contributed by atoms with van der Waals surface area (Å²) in [7, 11) is 0. The Morgan fingerprint density at radius 2 is 1.09 bits per heavy atom. The van der Waals surface area contributed by atoms with E-state index in [1.807, 2.05) is 26.0 Å². The summed E-state index contributed by atoms with van der Waals surface area (Å²) in [4.78, 5) is 0. The first-order valence-electron chi connectivity index (χ1n) is 3.15. The van der Waals surface area contributed by atoms with Crippen molar-refractivity contribution in [3.63, 3.8) is 0 Å². The van der Waals surface area contributed by atoms with Gasteiger partial charge in [-0.25, -0.2) is 24.3 Å². The maximum atomic E-state index is 4.93. The Kier molecular flexibility index (Phi) is 34.7. The molecule has 0 spiro atoms. The van der Waals surface area contributed by atoms with Crippen molar-refractivity contribution in [2.45, 2.75) is 13.8 Å². The van der Waals surface area contributed by atoms with Crippen LogP contribution in [-0.4, -0.2) is 0 Å². The average Bonchev–Trinajstić information content (AvgIpc) is 1.93.